The first kappa shape index (κ1) is 15.7. The van der Waals surface area contributed by atoms with Gasteiger partial charge in [-0.15, -0.1) is 0 Å². The Morgan fingerprint density at radius 2 is 2.00 bits per heavy atom. The average molecular weight is 259 g/mol. The largest absolute Gasteiger partial charge is 0.296 e. The maximum absolute atomic E-state index is 8.92. The third kappa shape index (κ3) is 5.00. The summed E-state index contributed by atoms with van der Waals surface area (Å²) < 4.78 is 0. The second-order valence-electron chi connectivity index (χ2n) is 5.45. The maximum Gasteiger partial charge on any atom is 0.140 e. The molecule has 0 radical (unpaired) electrons. The molecule has 0 aliphatic rings. The first-order valence-corrected chi connectivity index (χ1v) is 7.19. The topological polar surface area (TPSA) is 39.9 Å². The molecule has 0 aliphatic heterocycles. The van der Waals surface area contributed by atoms with E-state index in [1.54, 1.807) is 6.20 Å². The Kier molecular flexibility index (Phi) is 6.52. The third-order valence-corrected chi connectivity index (χ3v) is 3.38. The molecule has 0 atom stereocenters. The number of hydrogen-bond donors (Lipinski definition) is 0. The number of pyridine rings is 1. The molecule has 0 aromatic carbocycles. The Balaban J connectivity index is 2.83. The van der Waals surface area contributed by atoms with Gasteiger partial charge >= 0.3 is 0 Å². The van der Waals surface area contributed by atoms with E-state index in [0.29, 0.717) is 17.7 Å². The van der Waals surface area contributed by atoms with Crippen molar-refractivity contribution in [1.29, 1.82) is 5.26 Å². The van der Waals surface area contributed by atoms with E-state index in [9.17, 15) is 0 Å². The zero-order valence-corrected chi connectivity index (χ0v) is 12.6. The Bertz CT molecular complexity index is 416. The molecule has 0 bridgehead atoms. The minimum Gasteiger partial charge on any atom is -0.296 e. The van der Waals surface area contributed by atoms with Crippen molar-refractivity contribution in [3.63, 3.8) is 0 Å². The summed E-state index contributed by atoms with van der Waals surface area (Å²) in [5.41, 5.74) is 1.69. The van der Waals surface area contributed by atoms with Crippen LogP contribution in [0.1, 0.15) is 51.8 Å². The van der Waals surface area contributed by atoms with E-state index >= 15 is 0 Å². The van der Waals surface area contributed by atoms with Gasteiger partial charge in [0, 0.05) is 25.3 Å². The molecule has 0 fully saturated rings. The van der Waals surface area contributed by atoms with Crippen LogP contribution in [0.15, 0.2) is 18.3 Å². The minimum atomic E-state index is 0.506. The number of nitrogens with zero attached hydrogens (tertiary/aromatic N) is 3. The summed E-state index contributed by atoms with van der Waals surface area (Å²) in [5, 5.41) is 8.92. The van der Waals surface area contributed by atoms with Crippen LogP contribution in [-0.4, -0.2) is 22.5 Å². The molecule has 0 amide bonds. The van der Waals surface area contributed by atoms with Gasteiger partial charge in [-0.1, -0.05) is 27.7 Å². The first-order chi connectivity index (χ1) is 9.10. The summed E-state index contributed by atoms with van der Waals surface area (Å²) >= 11 is 0. The summed E-state index contributed by atoms with van der Waals surface area (Å²) in [5.74, 6) is 0.651. The number of nitriles is 1. The lowest BCUT2D eigenvalue weighted by atomic mass is 10.1. The second kappa shape index (κ2) is 7.91. The monoisotopic (exact) mass is 259 g/mol. The summed E-state index contributed by atoms with van der Waals surface area (Å²) in [6.45, 7) is 11.0. The second-order valence-corrected chi connectivity index (χ2v) is 5.45. The van der Waals surface area contributed by atoms with Crippen LogP contribution in [-0.2, 0) is 6.54 Å². The van der Waals surface area contributed by atoms with Gasteiger partial charge in [0.15, 0.2) is 0 Å². The SMILES string of the molecule is CCC(CC)N(Cc1ccnc(C#N)c1)CC(C)C. The molecule has 0 saturated heterocycles. The van der Waals surface area contributed by atoms with E-state index in [1.165, 1.54) is 18.4 Å². The van der Waals surface area contributed by atoms with Gasteiger partial charge in [-0.3, -0.25) is 4.90 Å². The summed E-state index contributed by atoms with van der Waals surface area (Å²) in [6.07, 6.45) is 4.06. The van der Waals surface area contributed by atoms with Crippen LogP contribution in [0.2, 0.25) is 0 Å². The number of aromatic nitrogens is 1. The molecule has 0 spiro atoms. The van der Waals surface area contributed by atoms with Crippen LogP contribution >= 0.6 is 0 Å². The molecule has 0 unspecified atom stereocenters. The Labute approximate surface area is 117 Å². The smallest absolute Gasteiger partial charge is 0.140 e. The fraction of sp³-hybridized carbons (Fsp3) is 0.625. The van der Waals surface area contributed by atoms with Gasteiger partial charge in [0.25, 0.3) is 0 Å². The van der Waals surface area contributed by atoms with E-state index in [-0.39, 0.29) is 0 Å². The zero-order chi connectivity index (χ0) is 14.3. The number of hydrogen-bond acceptors (Lipinski definition) is 3. The van der Waals surface area contributed by atoms with E-state index < -0.39 is 0 Å². The lowest BCUT2D eigenvalue weighted by Gasteiger charge is -2.32. The highest BCUT2D eigenvalue weighted by Crippen LogP contribution is 2.15. The zero-order valence-electron chi connectivity index (χ0n) is 12.6. The Morgan fingerprint density at radius 3 is 2.53 bits per heavy atom. The van der Waals surface area contributed by atoms with Crippen LogP contribution in [0.4, 0.5) is 0 Å². The average Bonchev–Trinajstić information content (AvgIpc) is 2.39. The molecule has 1 aromatic heterocycles. The Hall–Kier alpha value is -1.40. The molecule has 3 nitrogen and oxygen atoms in total. The van der Waals surface area contributed by atoms with Gasteiger partial charge in [0.2, 0.25) is 0 Å². The molecule has 104 valence electrons. The van der Waals surface area contributed by atoms with E-state index in [1.807, 2.05) is 12.1 Å². The van der Waals surface area contributed by atoms with Gasteiger partial charge in [0.05, 0.1) is 0 Å². The van der Waals surface area contributed by atoms with Crippen molar-refractivity contribution >= 4 is 0 Å². The lowest BCUT2D eigenvalue weighted by Crippen LogP contribution is -2.36. The van der Waals surface area contributed by atoms with Crippen molar-refractivity contribution in [3.05, 3.63) is 29.6 Å². The number of rotatable bonds is 7. The van der Waals surface area contributed by atoms with Crippen LogP contribution < -0.4 is 0 Å². The lowest BCUT2D eigenvalue weighted by molar-refractivity contribution is 0.157. The molecule has 19 heavy (non-hydrogen) atoms. The summed E-state index contributed by atoms with van der Waals surface area (Å²) in [4.78, 5) is 6.56. The maximum atomic E-state index is 8.92. The van der Waals surface area contributed by atoms with Crippen LogP contribution in [0.3, 0.4) is 0 Å². The quantitative estimate of drug-likeness (QED) is 0.751. The van der Waals surface area contributed by atoms with Crippen molar-refractivity contribution < 1.29 is 0 Å². The molecule has 0 saturated carbocycles. The molecule has 0 N–H and O–H groups in total. The molecule has 0 aliphatic carbocycles. The fourth-order valence-electron chi connectivity index (χ4n) is 2.49. The predicted molar refractivity (Wildman–Crippen MR) is 78.6 cm³/mol. The Morgan fingerprint density at radius 1 is 1.32 bits per heavy atom. The van der Waals surface area contributed by atoms with Gasteiger partial charge in [0.1, 0.15) is 11.8 Å². The summed E-state index contributed by atoms with van der Waals surface area (Å²) in [7, 11) is 0. The van der Waals surface area contributed by atoms with Crippen molar-refractivity contribution in [2.24, 2.45) is 5.92 Å². The molecule has 1 rings (SSSR count). The fourth-order valence-corrected chi connectivity index (χ4v) is 2.49. The van der Waals surface area contributed by atoms with Gasteiger partial charge < -0.3 is 0 Å². The molecule has 1 aromatic rings. The highest BCUT2D eigenvalue weighted by atomic mass is 15.2. The molecular weight excluding hydrogens is 234 g/mol. The summed E-state index contributed by atoms with van der Waals surface area (Å²) in [6, 6.07) is 6.63. The van der Waals surface area contributed by atoms with Gasteiger partial charge in [-0.05, 0) is 36.5 Å². The normalized spacial score (nSPS) is 11.3. The molecule has 1 heterocycles. The first-order valence-electron chi connectivity index (χ1n) is 7.19. The van der Waals surface area contributed by atoms with Gasteiger partial charge in [-0.2, -0.15) is 5.26 Å². The van der Waals surface area contributed by atoms with Crippen molar-refractivity contribution in [2.75, 3.05) is 6.54 Å². The van der Waals surface area contributed by atoms with E-state index in [0.717, 1.165) is 13.1 Å². The molecule has 3 heteroatoms. The minimum absolute atomic E-state index is 0.506. The van der Waals surface area contributed by atoms with E-state index in [2.05, 4.69) is 43.6 Å². The van der Waals surface area contributed by atoms with Crippen molar-refractivity contribution in [1.82, 2.24) is 9.88 Å². The van der Waals surface area contributed by atoms with E-state index in [4.69, 9.17) is 5.26 Å². The highest BCUT2D eigenvalue weighted by molar-refractivity contribution is 5.25. The predicted octanol–water partition coefficient (Wildman–Crippen LogP) is 3.60. The van der Waals surface area contributed by atoms with Gasteiger partial charge in [-0.25, -0.2) is 4.98 Å². The van der Waals surface area contributed by atoms with Crippen LogP contribution in [0.5, 0.6) is 0 Å². The van der Waals surface area contributed by atoms with Crippen molar-refractivity contribution in [3.8, 4) is 6.07 Å². The van der Waals surface area contributed by atoms with Crippen LogP contribution in [0, 0.1) is 17.2 Å². The molecular formula is C16H25N3. The highest BCUT2D eigenvalue weighted by Gasteiger charge is 2.16. The van der Waals surface area contributed by atoms with Crippen molar-refractivity contribution in [2.45, 2.75) is 53.1 Å². The standard InChI is InChI=1S/C16H25N3/c1-5-16(6-2)19(11-13(3)4)12-14-7-8-18-15(9-14)10-17/h7-9,13,16H,5-6,11-12H2,1-4H3. The third-order valence-electron chi connectivity index (χ3n) is 3.38. The van der Waals surface area contributed by atoms with Crippen LogP contribution in [0.25, 0.3) is 0 Å².